The van der Waals surface area contributed by atoms with E-state index in [-0.39, 0.29) is 0 Å². The van der Waals surface area contributed by atoms with Crippen molar-refractivity contribution in [2.75, 3.05) is 27.2 Å². The molecule has 0 aromatic carbocycles. The lowest BCUT2D eigenvalue weighted by Crippen LogP contribution is -2.49. The van der Waals surface area contributed by atoms with Gasteiger partial charge in [-0.1, -0.05) is 0 Å². The first-order valence-corrected chi connectivity index (χ1v) is 3.63. The molecule has 1 saturated carbocycles. The minimum absolute atomic E-state index is 0.726. The molecule has 1 aliphatic heterocycles. The van der Waals surface area contributed by atoms with Gasteiger partial charge in [0.25, 0.3) is 0 Å². The number of hydrogen-bond acceptors (Lipinski definition) is 2. The van der Waals surface area contributed by atoms with Gasteiger partial charge in [0.15, 0.2) is 0 Å². The highest BCUT2D eigenvalue weighted by Crippen LogP contribution is 2.52. The summed E-state index contributed by atoms with van der Waals surface area (Å²) in [5.41, 5.74) is 0.726. The van der Waals surface area contributed by atoms with Crippen molar-refractivity contribution < 1.29 is 0 Å². The van der Waals surface area contributed by atoms with Gasteiger partial charge in [-0.2, -0.15) is 0 Å². The Morgan fingerprint density at radius 2 is 2.22 bits per heavy atom. The zero-order valence-electron chi connectivity index (χ0n) is 6.15. The average Bonchev–Trinajstić information content (AvgIpc) is 2.41. The number of rotatable bonds is 1. The van der Waals surface area contributed by atoms with Gasteiger partial charge in [-0.3, -0.25) is 0 Å². The molecule has 1 N–H and O–H groups in total. The summed E-state index contributed by atoms with van der Waals surface area (Å²) in [6.07, 6.45) is 1.41. The van der Waals surface area contributed by atoms with Gasteiger partial charge in [-0.15, -0.1) is 0 Å². The van der Waals surface area contributed by atoms with Crippen LogP contribution >= 0.6 is 0 Å². The van der Waals surface area contributed by atoms with Crippen LogP contribution in [0.2, 0.25) is 0 Å². The van der Waals surface area contributed by atoms with Crippen LogP contribution in [0.4, 0.5) is 0 Å². The SMILES string of the molecule is CNC1CC12CN(C)C2. The molecule has 2 nitrogen and oxygen atoms in total. The lowest BCUT2D eigenvalue weighted by Gasteiger charge is -2.37. The Morgan fingerprint density at radius 3 is 2.56 bits per heavy atom. The number of nitrogens with zero attached hydrogens (tertiary/aromatic N) is 1. The maximum Gasteiger partial charge on any atom is 0.0152 e. The van der Waals surface area contributed by atoms with Gasteiger partial charge in [0.1, 0.15) is 0 Å². The van der Waals surface area contributed by atoms with E-state index in [9.17, 15) is 0 Å². The third-order valence-corrected chi connectivity index (χ3v) is 2.71. The molecule has 1 unspecified atom stereocenters. The van der Waals surface area contributed by atoms with Crippen LogP contribution in [-0.4, -0.2) is 38.1 Å². The Labute approximate surface area is 56.2 Å². The second kappa shape index (κ2) is 1.50. The fourth-order valence-corrected chi connectivity index (χ4v) is 2.13. The Morgan fingerprint density at radius 1 is 1.56 bits per heavy atom. The molecule has 2 aliphatic rings. The van der Waals surface area contributed by atoms with Crippen molar-refractivity contribution in [3.63, 3.8) is 0 Å². The smallest absolute Gasteiger partial charge is 0.0152 e. The lowest BCUT2D eigenvalue weighted by molar-refractivity contribution is 0.106. The van der Waals surface area contributed by atoms with Gasteiger partial charge in [0.05, 0.1) is 0 Å². The fourth-order valence-electron chi connectivity index (χ4n) is 2.13. The topological polar surface area (TPSA) is 15.3 Å². The standard InChI is InChI=1S/C7H14N2/c1-8-6-3-7(6)4-9(2)5-7/h6,8H,3-5H2,1-2H3. The summed E-state index contributed by atoms with van der Waals surface area (Å²) in [4.78, 5) is 2.39. The minimum atomic E-state index is 0.726. The Balaban J connectivity index is 1.89. The van der Waals surface area contributed by atoms with Gasteiger partial charge in [0.2, 0.25) is 0 Å². The van der Waals surface area contributed by atoms with Gasteiger partial charge < -0.3 is 10.2 Å². The van der Waals surface area contributed by atoms with Crippen molar-refractivity contribution in [2.24, 2.45) is 5.41 Å². The average molecular weight is 126 g/mol. The number of hydrogen-bond donors (Lipinski definition) is 1. The summed E-state index contributed by atoms with van der Waals surface area (Å²) in [6.45, 7) is 2.64. The predicted octanol–water partition coefficient (Wildman–Crippen LogP) is -0.0901. The van der Waals surface area contributed by atoms with E-state index in [4.69, 9.17) is 0 Å². The molecule has 1 aliphatic carbocycles. The molecular weight excluding hydrogens is 112 g/mol. The van der Waals surface area contributed by atoms with Crippen LogP contribution in [0.15, 0.2) is 0 Å². The minimum Gasteiger partial charge on any atom is -0.316 e. The van der Waals surface area contributed by atoms with Crippen molar-refractivity contribution in [3.8, 4) is 0 Å². The van der Waals surface area contributed by atoms with E-state index in [1.54, 1.807) is 0 Å². The van der Waals surface area contributed by atoms with Crippen LogP contribution in [0, 0.1) is 5.41 Å². The molecular formula is C7H14N2. The van der Waals surface area contributed by atoms with Crippen LogP contribution in [0.25, 0.3) is 0 Å². The molecule has 0 bridgehead atoms. The van der Waals surface area contributed by atoms with E-state index in [1.165, 1.54) is 19.5 Å². The second-order valence-corrected chi connectivity index (χ2v) is 3.58. The van der Waals surface area contributed by atoms with Crippen molar-refractivity contribution in [2.45, 2.75) is 12.5 Å². The Kier molecular flexibility index (Phi) is 0.945. The van der Waals surface area contributed by atoms with Gasteiger partial charge >= 0.3 is 0 Å². The quantitative estimate of drug-likeness (QED) is 0.528. The van der Waals surface area contributed by atoms with Crippen LogP contribution in [0.5, 0.6) is 0 Å². The van der Waals surface area contributed by atoms with Crippen molar-refractivity contribution in [3.05, 3.63) is 0 Å². The number of likely N-dealkylation sites (tertiary alicyclic amines) is 1. The molecule has 2 heteroatoms. The molecule has 2 fully saturated rings. The molecule has 0 aromatic heterocycles. The highest BCUT2D eigenvalue weighted by atomic mass is 15.2. The zero-order valence-corrected chi connectivity index (χ0v) is 6.15. The monoisotopic (exact) mass is 126 g/mol. The van der Waals surface area contributed by atoms with E-state index in [0.29, 0.717) is 0 Å². The number of nitrogens with one attached hydrogen (secondary N) is 1. The first-order valence-electron chi connectivity index (χ1n) is 3.63. The molecule has 2 rings (SSSR count). The van der Waals surface area contributed by atoms with Crippen molar-refractivity contribution in [1.29, 1.82) is 0 Å². The van der Waals surface area contributed by atoms with Gasteiger partial charge in [-0.05, 0) is 20.5 Å². The third-order valence-electron chi connectivity index (χ3n) is 2.71. The fraction of sp³-hybridized carbons (Fsp3) is 1.00. The van der Waals surface area contributed by atoms with E-state index < -0.39 is 0 Å². The van der Waals surface area contributed by atoms with Crippen molar-refractivity contribution >= 4 is 0 Å². The molecule has 1 saturated heterocycles. The van der Waals surface area contributed by atoms with Gasteiger partial charge in [0, 0.05) is 24.5 Å². The molecule has 1 atom stereocenters. The van der Waals surface area contributed by atoms with Crippen LogP contribution in [-0.2, 0) is 0 Å². The van der Waals surface area contributed by atoms with Crippen LogP contribution in [0.3, 0.4) is 0 Å². The maximum absolute atomic E-state index is 3.33. The first-order chi connectivity index (χ1) is 4.27. The summed E-state index contributed by atoms with van der Waals surface area (Å²) in [6, 6.07) is 0.841. The maximum atomic E-state index is 3.33. The van der Waals surface area contributed by atoms with E-state index in [1.807, 2.05) is 0 Å². The van der Waals surface area contributed by atoms with E-state index in [2.05, 4.69) is 24.3 Å². The van der Waals surface area contributed by atoms with Crippen molar-refractivity contribution in [1.82, 2.24) is 10.2 Å². The highest BCUT2D eigenvalue weighted by molar-refractivity contribution is 5.15. The summed E-state index contributed by atoms with van der Waals surface area (Å²) in [7, 11) is 4.26. The van der Waals surface area contributed by atoms with E-state index >= 15 is 0 Å². The highest BCUT2D eigenvalue weighted by Gasteiger charge is 2.59. The summed E-state index contributed by atoms with van der Waals surface area (Å²) in [5, 5.41) is 3.33. The molecule has 0 amide bonds. The molecule has 9 heavy (non-hydrogen) atoms. The molecule has 1 spiro atoms. The second-order valence-electron chi connectivity index (χ2n) is 3.58. The third kappa shape index (κ3) is 0.634. The summed E-state index contributed by atoms with van der Waals surface area (Å²) < 4.78 is 0. The molecule has 0 radical (unpaired) electrons. The normalized spacial score (nSPS) is 38.7. The van der Waals surface area contributed by atoms with Crippen LogP contribution in [0.1, 0.15) is 6.42 Å². The largest absolute Gasteiger partial charge is 0.316 e. The Bertz CT molecular complexity index is 127. The van der Waals surface area contributed by atoms with E-state index in [0.717, 1.165) is 11.5 Å². The van der Waals surface area contributed by atoms with Gasteiger partial charge in [-0.25, -0.2) is 0 Å². The summed E-state index contributed by atoms with van der Waals surface area (Å²) in [5.74, 6) is 0. The predicted molar refractivity (Wildman–Crippen MR) is 37.4 cm³/mol. The van der Waals surface area contributed by atoms with Crippen LogP contribution < -0.4 is 5.32 Å². The molecule has 1 heterocycles. The zero-order chi connectivity index (χ0) is 6.48. The first kappa shape index (κ1) is 5.69. The molecule has 52 valence electrons. The molecule has 0 aromatic rings. The Hall–Kier alpha value is -0.0800. The lowest BCUT2D eigenvalue weighted by atomic mass is 9.97. The summed E-state index contributed by atoms with van der Waals surface area (Å²) >= 11 is 0.